The quantitative estimate of drug-likeness (QED) is 0.333. The largest absolute Gasteiger partial charge is 2.00 e. The number of ether oxygens (including phenoxy) is 2. The molecule has 0 N–H and O–H groups in total. The normalized spacial score (nSPS) is 20.0. The molecule has 0 aromatic heterocycles. The van der Waals surface area contributed by atoms with Crippen LogP contribution in [-0.2, 0) is 31.2 Å². The van der Waals surface area contributed by atoms with Gasteiger partial charge in [-0.25, -0.2) is 0 Å². The Morgan fingerprint density at radius 2 is 0.500 bits per heavy atom. The Kier molecular flexibility index (Phi) is 38.3. The molecule has 0 spiro atoms. The van der Waals surface area contributed by atoms with Crippen LogP contribution in [0.5, 0.6) is 0 Å². The molecular weight excluding hydrogens is 332 g/mol. The summed E-state index contributed by atoms with van der Waals surface area (Å²) in [6.07, 6.45) is 20.1. The van der Waals surface area contributed by atoms with Crippen LogP contribution in [0.3, 0.4) is 0 Å². The minimum Gasteiger partial charge on any atom is -0.381 e. The maximum absolute atomic E-state index is 4.94. The van der Waals surface area contributed by atoms with E-state index in [1.165, 1.54) is 89.9 Å². The molecule has 2 aliphatic carbocycles. The Labute approximate surface area is 169 Å². The zero-order valence-electron chi connectivity index (χ0n) is 16.0. The van der Waals surface area contributed by atoms with Crippen LogP contribution < -0.4 is 0 Å². The predicted molar refractivity (Wildman–Crippen MR) is 106 cm³/mol. The smallest absolute Gasteiger partial charge is 0.381 e. The van der Waals surface area contributed by atoms with Gasteiger partial charge in [-0.3, -0.25) is 0 Å². The van der Waals surface area contributed by atoms with Crippen LogP contribution in [0.4, 0.5) is 0 Å². The monoisotopic (exact) mass is 378 g/mol. The fraction of sp³-hybridized carbons (Fsp3) is 0.905. The first-order valence-corrected chi connectivity index (χ1v) is 9.15. The van der Waals surface area contributed by atoms with Crippen LogP contribution in [0, 0.1) is 14.9 Å². The number of hydrogen-bond donors (Lipinski definition) is 0. The zero-order chi connectivity index (χ0) is 14.1. The summed E-state index contributed by atoms with van der Waals surface area (Å²) in [5, 5.41) is 0. The van der Waals surface area contributed by atoms with Crippen molar-refractivity contribution in [3.8, 4) is 0 Å². The van der Waals surface area contributed by atoms with Crippen LogP contribution in [0.15, 0.2) is 0 Å². The summed E-state index contributed by atoms with van der Waals surface area (Å²) in [5.74, 6) is 0. The Balaban J connectivity index is -0.000000105. The Morgan fingerprint density at radius 3 is 0.583 bits per heavy atom. The molecule has 2 aliphatic heterocycles. The van der Waals surface area contributed by atoms with Gasteiger partial charge >= 0.3 is 21.7 Å². The maximum atomic E-state index is 4.94. The van der Waals surface area contributed by atoms with Gasteiger partial charge in [0.15, 0.2) is 0 Å². The molecule has 24 heavy (non-hydrogen) atoms. The summed E-state index contributed by atoms with van der Waals surface area (Å²) in [5.41, 5.74) is 0. The Hall–Kier alpha value is 0.634. The fourth-order valence-corrected chi connectivity index (χ4v) is 2.79. The number of rotatable bonds is 0. The summed E-state index contributed by atoms with van der Waals surface area (Å²) in [7, 11) is 0. The molecule has 0 aromatic carbocycles. The van der Waals surface area contributed by atoms with Crippen molar-refractivity contribution in [1.29, 1.82) is 0 Å². The molecule has 3 heteroatoms. The van der Waals surface area contributed by atoms with Crippen LogP contribution in [0.2, 0.25) is 0 Å². The van der Waals surface area contributed by atoms with Crippen LogP contribution >= 0.6 is 0 Å². The topological polar surface area (TPSA) is 18.5 Å². The molecule has 0 unspecified atom stereocenters. The minimum absolute atomic E-state index is 0. The molecule has 4 fully saturated rings. The molecule has 0 bridgehead atoms. The first kappa shape index (κ1) is 32.3. The van der Waals surface area contributed by atoms with Gasteiger partial charge in [-0.2, -0.15) is 0 Å². The van der Waals surface area contributed by atoms with Crippen molar-refractivity contribution >= 4 is 0 Å². The molecule has 2 nitrogen and oxygen atoms in total. The molecular formula is C21H46O2Ti. The standard InChI is InChI=1S/2C5H10.2C4H8O.CH4.2CH3.Ti/c4*1-2-4-5-3-1;;;;/h2*1-5H2;2*1-4H2;1H4;2*1H3;/q;;;;;2*-1;+2. The molecule has 4 rings (SSSR count). The van der Waals surface area contributed by atoms with Crippen molar-refractivity contribution in [1.82, 2.24) is 0 Å². The summed E-state index contributed by atoms with van der Waals surface area (Å²) in [6, 6.07) is 0. The van der Waals surface area contributed by atoms with Crippen molar-refractivity contribution in [3.05, 3.63) is 14.9 Å². The SMILES string of the molecule is C.C1CCCC1.C1CCCC1.C1CCOC1.C1CCOC1.[CH3-].[CH3-].[Ti+2]. The van der Waals surface area contributed by atoms with Crippen molar-refractivity contribution < 1.29 is 31.2 Å². The van der Waals surface area contributed by atoms with Crippen molar-refractivity contribution in [2.75, 3.05) is 26.4 Å². The van der Waals surface area contributed by atoms with Gasteiger partial charge in [0, 0.05) is 26.4 Å². The second kappa shape index (κ2) is 28.4. The molecule has 0 aromatic rings. The van der Waals surface area contributed by atoms with E-state index in [2.05, 4.69) is 0 Å². The third kappa shape index (κ3) is 24.9. The van der Waals surface area contributed by atoms with E-state index in [1.807, 2.05) is 0 Å². The summed E-state index contributed by atoms with van der Waals surface area (Å²) >= 11 is 0. The van der Waals surface area contributed by atoms with Crippen molar-refractivity contribution in [2.45, 2.75) is 97.3 Å². The molecule has 0 atom stereocenters. The molecule has 2 saturated carbocycles. The van der Waals surface area contributed by atoms with Crippen LogP contribution in [0.25, 0.3) is 0 Å². The van der Waals surface area contributed by atoms with E-state index in [-0.39, 0.29) is 44.0 Å². The average molecular weight is 378 g/mol. The molecule has 2 heterocycles. The van der Waals surface area contributed by atoms with Gasteiger partial charge in [0.05, 0.1) is 0 Å². The summed E-state index contributed by atoms with van der Waals surface area (Å²) in [6.45, 7) is 4.00. The van der Waals surface area contributed by atoms with E-state index in [1.54, 1.807) is 0 Å². The zero-order valence-corrected chi connectivity index (χ0v) is 17.6. The van der Waals surface area contributed by atoms with Crippen LogP contribution in [0.1, 0.15) is 97.3 Å². The van der Waals surface area contributed by atoms with Gasteiger partial charge in [-0.15, -0.1) is 0 Å². The number of hydrogen-bond acceptors (Lipinski definition) is 2. The van der Waals surface area contributed by atoms with Gasteiger partial charge in [-0.05, 0) is 25.7 Å². The van der Waals surface area contributed by atoms with Gasteiger partial charge < -0.3 is 24.3 Å². The minimum atomic E-state index is 0. The molecule has 4 aliphatic rings. The van der Waals surface area contributed by atoms with Crippen molar-refractivity contribution in [3.63, 3.8) is 0 Å². The second-order valence-electron chi connectivity index (χ2n) is 6.17. The van der Waals surface area contributed by atoms with Gasteiger partial charge in [-0.1, -0.05) is 71.6 Å². The molecule has 0 radical (unpaired) electrons. The maximum Gasteiger partial charge on any atom is 2.00 e. The average Bonchev–Trinajstić information content (AvgIpc) is 3.40. The van der Waals surface area contributed by atoms with Gasteiger partial charge in [0.1, 0.15) is 0 Å². The predicted octanol–water partition coefficient (Wildman–Crippen LogP) is 7.03. The summed E-state index contributed by atoms with van der Waals surface area (Å²) < 4.78 is 9.89. The first-order valence-electron chi connectivity index (χ1n) is 9.15. The second-order valence-corrected chi connectivity index (χ2v) is 6.17. The van der Waals surface area contributed by atoms with Gasteiger partial charge in [0.25, 0.3) is 0 Å². The van der Waals surface area contributed by atoms with E-state index in [4.69, 9.17) is 9.47 Å². The van der Waals surface area contributed by atoms with Gasteiger partial charge in [0.2, 0.25) is 0 Å². The van der Waals surface area contributed by atoms with Crippen molar-refractivity contribution in [2.24, 2.45) is 0 Å². The molecule has 0 amide bonds. The third-order valence-corrected chi connectivity index (χ3v) is 4.15. The fourth-order valence-electron chi connectivity index (χ4n) is 2.79. The first-order chi connectivity index (χ1) is 10.0. The van der Waals surface area contributed by atoms with E-state index in [0.717, 1.165) is 26.4 Å². The van der Waals surface area contributed by atoms with E-state index in [9.17, 15) is 0 Å². The van der Waals surface area contributed by atoms with E-state index in [0.29, 0.717) is 0 Å². The molecule has 146 valence electrons. The molecule has 2 saturated heterocycles. The van der Waals surface area contributed by atoms with Crippen LogP contribution in [-0.4, -0.2) is 26.4 Å². The van der Waals surface area contributed by atoms with E-state index >= 15 is 0 Å². The Bertz CT molecular complexity index is 102. The third-order valence-electron chi connectivity index (χ3n) is 4.15. The summed E-state index contributed by atoms with van der Waals surface area (Å²) in [4.78, 5) is 0. The van der Waals surface area contributed by atoms with E-state index < -0.39 is 0 Å². The Morgan fingerprint density at radius 1 is 0.333 bits per heavy atom.